The number of benzene rings is 1. The summed E-state index contributed by atoms with van der Waals surface area (Å²) in [6, 6.07) is 5.04. The van der Waals surface area contributed by atoms with Crippen molar-refractivity contribution in [3.05, 3.63) is 24.0 Å². The monoisotopic (exact) mass is 286 g/mol. The summed E-state index contributed by atoms with van der Waals surface area (Å²) >= 11 is 0. The Morgan fingerprint density at radius 2 is 2.10 bits per heavy atom. The SMILES string of the molecule is CCn1c(CC(=O)C(F)(F)F)nc2cc(OC)ccc21. The van der Waals surface area contributed by atoms with Crippen LogP contribution in [0.2, 0.25) is 0 Å². The summed E-state index contributed by atoms with van der Waals surface area (Å²) < 4.78 is 43.7. The molecule has 20 heavy (non-hydrogen) atoms. The smallest absolute Gasteiger partial charge is 0.450 e. The first-order valence-corrected chi connectivity index (χ1v) is 6.00. The molecule has 7 heteroatoms. The minimum absolute atomic E-state index is 0.109. The number of ether oxygens (including phenoxy) is 1. The maximum Gasteiger partial charge on any atom is 0.450 e. The second-order valence-corrected chi connectivity index (χ2v) is 4.22. The van der Waals surface area contributed by atoms with Gasteiger partial charge in [0.15, 0.2) is 0 Å². The quantitative estimate of drug-likeness (QED) is 0.868. The topological polar surface area (TPSA) is 44.1 Å². The van der Waals surface area contributed by atoms with Crippen molar-refractivity contribution in [2.45, 2.75) is 26.1 Å². The highest BCUT2D eigenvalue weighted by Gasteiger charge is 2.38. The third-order valence-electron chi connectivity index (χ3n) is 2.99. The van der Waals surface area contributed by atoms with Gasteiger partial charge in [0.05, 0.1) is 24.6 Å². The van der Waals surface area contributed by atoms with Crippen molar-refractivity contribution in [1.82, 2.24) is 9.55 Å². The van der Waals surface area contributed by atoms with E-state index in [4.69, 9.17) is 4.74 Å². The van der Waals surface area contributed by atoms with Gasteiger partial charge in [0, 0.05) is 12.6 Å². The molecule has 0 saturated carbocycles. The fourth-order valence-electron chi connectivity index (χ4n) is 2.02. The van der Waals surface area contributed by atoms with Crippen molar-refractivity contribution in [1.29, 1.82) is 0 Å². The molecule has 0 aliphatic rings. The molecule has 0 bridgehead atoms. The minimum atomic E-state index is -4.84. The van der Waals surface area contributed by atoms with Crippen LogP contribution in [0, 0.1) is 0 Å². The van der Waals surface area contributed by atoms with E-state index in [-0.39, 0.29) is 5.82 Å². The number of hydrogen-bond acceptors (Lipinski definition) is 3. The van der Waals surface area contributed by atoms with E-state index in [1.54, 1.807) is 29.7 Å². The number of imidazole rings is 1. The number of Topliss-reactive ketones (excluding diaryl/α,β-unsaturated/α-hetero) is 1. The van der Waals surface area contributed by atoms with Crippen LogP contribution in [-0.2, 0) is 17.8 Å². The number of hydrogen-bond donors (Lipinski definition) is 0. The molecule has 108 valence electrons. The molecule has 0 radical (unpaired) electrons. The van der Waals surface area contributed by atoms with Gasteiger partial charge in [-0.15, -0.1) is 0 Å². The van der Waals surface area contributed by atoms with Crippen LogP contribution in [0.3, 0.4) is 0 Å². The molecule has 2 rings (SSSR count). The van der Waals surface area contributed by atoms with Crippen molar-refractivity contribution >= 4 is 16.8 Å². The average molecular weight is 286 g/mol. The fraction of sp³-hybridized carbons (Fsp3) is 0.385. The largest absolute Gasteiger partial charge is 0.497 e. The Hall–Kier alpha value is -2.05. The summed E-state index contributed by atoms with van der Waals surface area (Å²) in [5, 5.41) is 0. The minimum Gasteiger partial charge on any atom is -0.497 e. The lowest BCUT2D eigenvalue weighted by Crippen LogP contribution is -2.26. The summed E-state index contributed by atoms with van der Waals surface area (Å²) in [4.78, 5) is 15.2. The number of aromatic nitrogens is 2. The zero-order valence-corrected chi connectivity index (χ0v) is 11.0. The predicted molar refractivity (Wildman–Crippen MR) is 66.7 cm³/mol. The van der Waals surface area contributed by atoms with Crippen molar-refractivity contribution in [3.8, 4) is 5.75 Å². The fourth-order valence-corrected chi connectivity index (χ4v) is 2.02. The molecule has 1 heterocycles. The Kier molecular flexibility index (Phi) is 3.69. The van der Waals surface area contributed by atoms with Gasteiger partial charge in [0.25, 0.3) is 0 Å². The predicted octanol–water partition coefficient (Wildman–Crippen LogP) is 2.74. The van der Waals surface area contributed by atoms with E-state index in [0.29, 0.717) is 23.3 Å². The van der Waals surface area contributed by atoms with Crippen LogP contribution in [0.15, 0.2) is 18.2 Å². The first-order chi connectivity index (χ1) is 9.36. The molecule has 4 nitrogen and oxygen atoms in total. The van der Waals surface area contributed by atoms with Crippen LogP contribution in [0.4, 0.5) is 13.2 Å². The molecular formula is C13H13F3N2O2. The van der Waals surface area contributed by atoms with E-state index < -0.39 is 18.4 Å². The molecule has 0 fully saturated rings. The molecule has 0 amide bonds. The summed E-state index contributed by atoms with van der Waals surface area (Å²) in [5.74, 6) is -1.13. The third-order valence-corrected chi connectivity index (χ3v) is 2.99. The van der Waals surface area contributed by atoms with Gasteiger partial charge in [-0.05, 0) is 19.1 Å². The molecule has 0 atom stereocenters. The van der Waals surface area contributed by atoms with E-state index in [9.17, 15) is 18.0 Å². The number of rotatable bonds is 4. The molecule has 0 spiro atoms. The molecule has 0 aliphatic carbocycles. The van der Waals surface area contributed by atoms with Crippen LogP contribution in [0.1, 0.15) is 12.7 Å². The molecular weight excluding hydrogens is 273 g/mol. The lowest BCUT2D eigenvalue weighted by molar-refractivity contribution is -0.170. The number of methoxy groups -OCH3 is 1. The lowest BCUT2D eigenvalue weighted by atomic mass is 10.2. The van der Waals surface area contributed by atoms with Gasteiger partial charge in [-0.1, -0.05) is 0 Å². The summed E-state index contributed by atoms with van der Waals surface area (Å²) in [6.07, 6.45) is -5.59. The van der Waals surface area contributed by atoms with Gasteiger partial charge in [-0.25, -0.2) is 4.98 Å². The van der Waals surface area contributed by atoms with Gasteiger partial charge in [-0.2, -0.15) is 13.2 Å². The Morgan fingerprint density at radius 1 is 1.40 bits per heavy atom. The van der Waals surface area contributed by atoms with Crippen molar-refractivity contribution < 1.29 is 22.7 Å². The molecule has 0 N–H and O–H groups in total. The molecule has 0 saturated heterocycles. The zero-order chi connectivity index (χ0) is 14.9. The lowest BCUT2D eigenvalue weighted by Gasteiger charge is -2.07. The van der Waals surface area contributed by atoms with Crippen LogP contribution in [0.25, 0.3) is 11.0 Å². The number of fused-ring (bicyclic) bond motifs is 1. The van der Waals surface area contributed by atoms with E-state index in [0.717, 1.165) is 0 Å². The van der Waals surface area contributed by atoms with Crippen molar-refractivity contribution in [2.24, 2.45) is 0 Å². The second kappa shape index (κ2) is 5.15. The van der Waals surface area contributed by atoms with Crippen LogP contribution < -0.4 is 4.74 Å². The Morgan fingerprint density at radius 3 is 2.65 bits per heavy atom. The number of alkyl halides is 3. The van der Waals surface area contributed by atoms with E-state index in [1.807, 2.05) is 0 Å². The van der Waals surface area contributed by atoms with Gasteiger partial charge in [0.2, 0.25) is 5.78 Å². The normalized spacial score (nSPS) is 11.8. The number of aryl methyl sites for hydroxylation is 1. The van der Waals surface area contributed by atoms with E-state index in [1.165, 1.54) is 7.11 Å². The summed E-state index contributed by atoms with van der Waals surface area (Å²) in [5.41, 5.74) is 1.19. The standard InChI is InChI=1S/C13H13F3N2O2/c1-3-18-10-5-4-8(20-2)6-9(10)17-12(18)7-11(19)13(14,15)16/h4-6H,3,7H2,1-2H3. The highest BCUT2D eigenvalue weighted by Crippen LogP contribution is 2.24. The number of carbonyl (C=O) groups is 1. The van der Waals surface area contributed by atoms with E-state index in [2.05, 4.69) is 4.98 Å². The number of ketones is 1. The Labute approximate surface area is 113 Å². The van der Waals surface area contributed by atoms with Crippen molar-refractivity contribution in [2.75, 3.05) is 7.11 Å². The molecule has 1 aromatic heterocycles. The number of halogens is 3. The highest BCUT2D eigenvalue weighted by atomic mass is 19.4. The van der Waals surface area contributed by atoms with Gasteiger partial charge >= 0.3 is 6.18 Å². The Balaban J connectivity index is 2.45. The van der Waals surface area contributed by atoms with Crippen molar-refractivity contribution in [3.63, 3.8) is 0 Å². The van der Waals surface area contributed by atoms with Gasteiger partial charge in [-0.3, -0.25) is 4.79 Å². The zero-order valence-electron chi connectivity index (χ0n) is 11.0. The second-order valence-electron chi connectivity index (χ2n) is 4.22. The van der Waals surface area contributed by atoms with Crippen LogP contribution >= 0.6 is 0 Å². The first-order valence-electron chi connectivity index (χ1n) is 6.00. The van der Waals surface area contributed by atoms with E-state index >= 15 is 0 Å². The number of carbonyl (C=O) groups excluding carboxylic acids is 1. The van der Waals surface area contributed by atoms with Crippen LogP contribution in [-0.4, -0.2) is 28.6 Å². The molecule has 2 aromatic rings. The first kappa shape index (κ1) is 14.4. The molecule has 0 unspecified atom stereocenters. The molecule has 0 aliphatic heterocycles. The number of nitrogens with zero attached hydrogens (tertiary/aromatic N) is 2. The molecule has 1 aromatic carbocycles. The summed E-state index contributed by atoms with van der Waals surface area (Å²) in [6.45, 7) is 2.22. The third kappa shape index (κ3) is 2.61. The average Bonchev–Trinajstić information content (AvgIpc) is 2.73. The Bertz CT molecular complexity index is 647. The van der Waals surface area contributed by atoms with Gasteiger partial charge in [0.1, 0.15) is 11.6 Å². The van der Waals surface area contributed by atoms with Gasteiger partial charge < -0.3 is 9.30 Å². The maximum atomic E-state index is 12.3. The maximum absolute atomic E-state index is 12.3. The summed E-state index contributed by atoms with van der Waals surface area (Å²) in [7, 11) is 1.49. The highest BCUT2D eigenvalue weighted by molar-refractivity contribution is 5.87. The van der Waals surface area contributed by atoms with Crippen LogP contribution in [0.5, 0.6) is 5.75 Å².